The number of nitrogens with zero attached hydrogens (tertiary/aromatic N) is 1. The van der Waals surface area contributed by atoms with Gasteiger partial charge in [-0.15, -0.1) is 11.6 Å². The van der Waals surface area contributed by atoms with E-state index in [9.17, 15) is 0 Å². The van der Waals surface area contributed by atoms with E-state index in [1.54, 1.807) is 0 Å². The Morgan fingerprint density at radius 2 is 2.38 bits per heavy atom. The van der Waals surface area contributed by atoms with Crippen LogP contribution in [0.5, 0.6) is 0 Å². The van der Waals surface area contributed by atoms with Gasteiger partial charge in [0.25, 0.3) is 0 Å². The van der Waals surface area contributed by atoms with Crippen LogP contribution in [0.25, 0.3) is 0 Å². The SMILES string of the molecule is CCOCCN1CCCC(CCl)C1. The first-order chi connectivity index (χ1) is 6.36. The summed E-state index contributed by atoms with van der Waals surface area (Å²) in [4.78, 5) is 2.46. The Balaban J connectivity index is 2.11. The van der Waals surface area contributed by atoms with E-state index < -0.39 is 0 Å². The van der Waals surface area contributed by atoms with Gasteiger partial charge in [-0.3, -0.25) is 0 Å². The topological polar surface area (TPSA) is 12.5 Å². The average molecular weight is 206 g/mol. The molecule has 78 valence electrons. The molecule has 3 heteroatoms. The summed E-state index contributed by atoms with van der Waals surface area (Å²) in [5, 5.41) is 0. The van der Waals surface area contributed by atoms with Gasteiger partial charge in [0.15, 0.2) is 0 Å². The fourth-order valence-corrected chi connectivity index (χ4v) is 2.07. The Hall–Kier alpha value is 0.210. The van der Waals surface area contributed by atoms with Crippen molar-refractivity contribution < 1.29 is 4.74 Å². The van der Waals surface area contributed by atoms with Crippen LogP contribution in [0.4, 0.5) is 0 Å². The number of rotatable bonds is 5. The lowest BCUT2D eigenvalue weighted by Gasteiger charge is -2.31. The van der Waals surface area contributed by atoms with Gasteiger partial charge in [-0.25, -0.2) is 0 Å². The molecule has 1 saturated heterocycles. The van der Waals surface area contributed by atoms with E-state index in [2.05, 4.69) is 4.90 Å². The van der Waals surface area contributed by atoms with Crippen LogP contribution in [0.2, 0.25) is 0 Å². The molecule has 1 aliphatic rings. The molecule has 1 fully saturated rings. The summed E-state index contributed by atoms with van der Waals surface area (Å²) >= 11 is 5.85. The van der Waals surface area contributed by atoms with Crippen LogP contribution >= 0.6 is 11.6 Å². The Morgan fingerprint density at radius 3 is 3.08 bits per heavy atom. The number of halogens is 1. The quantitative estimate of drug-likeness (QED) is 0.503. The first-order valence-corrected chi connectivity index (χ1v) is 5.76. The van der Waals surface area contributed by atoms with Crippen molar-refractivity contribution in [3.63, 3.8) is 0 Å². The Morgan fingerprint density at radius 1 is 1.54 bits per heavy atom. The van der Waals surface area contributed by atoms with E-state index in [0.717, 1.165) is 32.2 Å². The molecule has 13 heavy (non-hydrogen) atoms. The fourth-order valence-electron chi connectivity index (χ4n) is 1.82. The second-order valence-corrected chi connectivity index (χ2v) is 3.97. The molecular formula is C10H20ClNO. The molecular weight excluding hydrogens is 186 g/mol. The van der Waals surface area contributed by atoms with Gasteiger partial charge >= 0.3 is 0 Å². The molecule has 0 aliphatic carbocycles. The van der Waals surface area contributed by atoms with Crippen molar-refractivity contribution in [2.45, 2.75) is 19.8 Å². The Kier molecular flexibility index (Phi) is 5.76. The van der Waals surface area contributed by atoms with Crippen molar-refractivity contribution in [2.75, 3.05) is 38.7 Å². The van der Waals surface area contributed by atoms with Crippen LogP contribution in [0.1, 0.15) is 19.8 Å². The molecule has 0 aromatic rings. The minimum Gasteiger partial charge on any atom is -0.380 e. The predicted molar refractivity (Wildman–Crippen MR) is 56.4 cm³/mol. The third-order valence-corrected chi connectivity index (χ3v) is 3.01. The van der Waals surface area contributed by atoms with Crippen molar-refractivity contribution in [3.05, 3.63) is 0 Å². The summed E-state index contributed by atoms with van der Waals surface area (Å²) in [6, 6.07) is 0. The summed E-state index contributed by atoms with van der Waals surface area (Å²) < 4.78 is 5.33. The second-order valence-electron chi connectivity index (χ2n) is 3.66. The van der Waals surface area contributed by atoms with E-state index in [0.29, 0.717) is 5.92 Å². The van der Waals surface area contributed by atoms with Crippen molar-refractivity contribution in [1.29, 1.82) is 0 Å². The molecule has 0 spiro atoms. The zero-order valence-corrected chi connectivity index (χ0v) is 9.22. The lowest BCUT2D eigenvalue weighted by Crippen LogP contribution is -2.38. The van der Waals surface area contributed by atoms with Crippen molar-refractivity contribution in [3.8, 4) is 0 Å². The van der Waals surface area contributed by atoms with E-state index >= 15 is 0 Å². The lowest BCUT2D eigenvalue weighted by molar-refractivity contribution is 0.0949. The van der Waals surface area contributed by atoms with E-state index in [-0.39, 0.29) is 0 Å². The summed E-state index contributed by atoms with van der Waals surface area (Å²) in [7, 11) is 0. The maximum absolute atomic E-state index is 5.85. The normalized spacial score (nSPS) is 24.9. The largest absolute Gasteiger partial charge is 0.380 e. The lowest BCUT2D eigenvalue weighted by atomic mass is 10.0. The minimum atomic E-state index is 0.706. The van der Waals surface area contributed by atoms with Crippen molar-refractivity contribution >= 4 is 11.6 Å². The van der Waals surface area contributed by atoms with Crippen molar-refractivity contribution in [2.24, 2.45) is 5.92 Å². The number of piperidine rings is 1. The smallest absolute Gasteiger partial charge is 0.0593 e. The summed E-state index contributed by atoms with van der Waals surface area (Å²) in [6.45, 7) is 7.19. The summed E-state index contributed by atoms with van der Waals surface area (Å²) in [5.41, 5.74) is 0. The van der Waals surface area contributed by atoms with Crippen LogP contribution in [0.15, 0.2) is 0 Å². The van der Waals surface area contributed by atoms with Crippen LogP contribution in [-0.4, -0.2) is 43.6 Å². The molecule has 1 aliphatic heterocycles. The standard InChI is InChI=1S/C10H20ClNO/c1-2-13-7-6-12-5-3-4-10(8-11)9-12/h10H,2-9H2,1H3. The molecule has 0 aromatic heterocycles. The first-order valence-electron chi connectivity index (χ1n) is 5.23. The van der Waals surface area contributed by atoms with Crippen molar-refractivity contribution in [1.82, 2.24) is 4.90 Å². The number of alkyl halides is 1. The van der Waals surface area contributed by atoms with E-state index in [4.69, 9.17) is 16.3 Å². The minimum absolute atomic E-state index is 0.706. The van der Waals surface area contributed by atoms with Gasteiger partial charge in [0.1, 0.15) is 0 Å². The maximum atomic E-state index is 5.85. The van der Waals surface area contributed by atoms with Crippen LogP contribution < -0.4 is 0 Å². The highest BCUT2D eigenvalue weighted by Gasteiger charge is 2.18. The van der Waals surface area contributed by atoms with Gasteiger partial charge in [0, 0.05) is 25.6 Å². The predicted octanol–water partition coefficient (Wildman–Crippen LogP) is 1.97. The molecule has 1 rings (SSSR count). The molecule has 0 saturated carbocycles. The zero-order chi connectivity index (χ0) is 9.52. The summed E-state index contributed by atoms with van der Waals surface area (Å²) in [5.74, 6) is 1.52. The number of ether oxygens (including phenoxy) is 1. The van der Waals surface area contributed by atoms with Gasteiger partial charge in [-0.05, 0) is 32.2 Å². The molecule has 0 N–H and O–H groups in total. The van der Waals surface area contributed by atoms with Gasteiger partial charge in [-0.2, -0.15) is 0 Å². The fraction of sp³-hybridized carbons (Fsp3) is 1.00. The zero-order valence-electron chi connectivity index (χ0n) is 8.47. The summed E-state index contributed by atoms with van der Waals surface area (Å²) in [6.07, 6.45) is 2.60. The number of hydrogen-bond acceptors (Lipinski definition) is 2. The van der Waals surface area contributed by atoms with Crippen LogP contribution in [0, 0.1) is 5.92 Å². The van der Waals surface area contributed by atoms with Gasteiger partial charge in [-0.1, -0.05) is 0 Å². The Bertz CT molecular complexity index is 132. The highest BCUT2D eigenvalue weighted by atomic mass is 35.5. The monoisotopic (exact) mass is 205 g/mol. The molecule has 0 amide bonds. The maximum Gasteiger partial charge on any atom is 0.0593 e. The first kappa shape index (κ1) is 11.3. The third-order valence-electron chi connectivity index (χ3n) is 2.58. The van der Waals surface area contributed by atoms with E-state index in [1.165, 1.54) is 19.4 Å². The molecule has 1 atom stereocenters. The molecule has 0 aromatic carbocycles. The molecule has 1 heterocycles. The molecule has 0 radical (unpaired) electrons. The second kappa shape index (κ2) is 6.63. The molecule has 1 unspecified atom stereocenters. The molecule has 2 nitrogen and oxygen atoms in total. The molecule has 0 bridgehead atoms. The highest BCUT2D eigenvalue weighted by Crippen LogP contribution is 2.16. The Labute approximate surface area is 86.2 Å². The van der Waals surface area contributed by atoms with Gasteiger partial charge < -0.3 is 9.64 Å². The number of likely N-dealkylation sites (tertiary alicyclic amines) is 1. The van der Waals surface area contributed by atoms with E-state index in [1.807, 2.05) is 6.92 Å². The third kappa shape index (κ3) is 4.30. The average Bonchev–Trinajstić information content (AvgIpc) is 2.19. The van der Waals surface area contributed by atoms with Gasteiger partial charge in [0.2, 0.25) is 0 Å². The van der Waals surface area contributed by atoms with Crippen LogP contribution in [0.3, 0.4) is 0 Å². The van der Waals surface area contributed by atoms with Crippen LogP contribution in [-0.2, 0) is 4.74 Å². The van der Waals surface area contributed by atoms with Gasteiger partial charge in [0.05, 0.1) is 6.61 Å². The highest BCUT2D eigenvalue weighted by molar-refractivity contribution is 6.18. The number of hydrogen-bond donors (Lipinski definition) is 0.